The van der Waals surface area contributed by atoms with E-state index in [1.165, 1.54) is 30.8 Å². The molecule has 5 aliphatic rings. The molecule has 2 aliphatic carbocycles. The Morgan fingerprint density at radius 1 is 1.29 bits per heavy atom. The van der Waals surface area contributed by atoms with Crippen molar-refractivity contribution in [1.82, 2.24) is 4.90 Å². The molecule has 0 radical (unpaired) electrons. The lowest BCUT2D eigenvalue weighted by molar-refractivity contribution is -0.147. The summed E-state index contributed by atoms with van der Waals surface area (Å²) in [5.41, 5.74) is 0.475. The van der Waals surface area contributed by atoms with Crippen molar-refractivity contribution in [3.63, 3.8) is 0 Å². The van der Waals surface area contributed by atoms with Crippen molar-refractivity contribution in [2.75, 3.05) is 37.7 Å². The molecule has 0 aromatic rings. The second kappa shape index (κ2) is 5.62. The normalized spacial score (nSPS) is 51.1. The molecule has 3 saturated heterocycles. The first-order valence-corrected chi connectivity index (χ1v) is 10.9. The number of carbonyl (C=O) groups is 1. The zero-order valence-corrected chi connectivity index (χ0v) is 15.5. The Morgan fingerprint density at radius 3 is 2.83 bits per heavy atom. The number of carbonyl (C=O) groups excluding carboxylic acids is 1. The molecule has 24 heavy (non-hydrogen) atoms. The summed E-state index contributed by atoms with van der Waals surface area (Å²) in [5, 5.41) is 0. The summed E-state index contributed by atoms with van der Waals surface area (Å²) in [5.74, 6) is 3.64. The third-order valence-electron chi connectivity index (χ3n) is 7.64. The highest BCUT2D eigenvalue weighted by molar-refractivity contribution is 7.99. The molecule has 5 rings (SSSR count). The predicted octanol–water partition coefficient (Wildman–Crippen LogP) is 2.56. The van der Waals surface area contributed by atoms with Gasteiger partial charge in [0.25, 0.3) is 0 Å². The van der Waals surface area contributed by atoms with E-state index in [4.69, 9.17) is 9.47 Å². The second-order valence-electron chi connectivity index (χ2n) is 9.01. The van der Waals surface area contributed by atoms with Gasteiger partial charge in [0.05, 0.1) is 18.1 Å². The number of ether oxygens (including phenoxy) is 2. The van der Waals surface area contributed by atoms with Crippen molar-refractivity contribution in [1.29, 1.82) is 0 Å². The van der Waals surface area contributed by atoms with Crippen LogP contribution in [0.3, 0.4) is 0 Å². The van der Waals surface area contributed by atoms with E-state index < -0.39 is 0 Å². The summed E-state index contributed by atoms with van der Waals surface area (Å²) in [6.07, 6.45) is 6.14. The van der Waals surface area contributed by atoms with E-state index in [-0.39, 0.29) is 23.6 Å². The van der Waals surface area contributed by atoms with Gasteiger partial charge in [0.2, 0.25) is 0 Å². The van der Waals surface area contributed by atoms with Crippen LogP contribution in [0.2, 0.25) is 0 Å². The van der Waals surface area contributed by atoms with Crippen LogP contribution in [0.15, 0.2) is 0 Å². The van der Waals surface area contributed by atoms with Crippen molar-refractivity contribution >= 4 is 17.7 Å². The molecule has 0 bridgehead atoms. The SMILES string of the molecule is C[C@]12CCC[C@]3(CO3)[C@@H]1C[C@H]1[C@@H](C2)OC(=O)[C@@H]1CN1CCSCC1. The van der Waals surface area contributed by atoms with Gasteiger partial charge in [0.15, 0.2) is 0 Å². The van der Waals surface area contributed by atoms with E-state index in [2.05, 4.69) is 11.8 Å². The van der Waals surface area contributed by atoms with Crippen molar-refractivity contribution < 1.29 is 14.3 Å². The highest BCUT2D eigenvalue weighted by atomic mass is 32.2. The number of rotatable bonds is 2. The smallest absolute Gasteiger partial charge is 0.310 e. The van der Waals surface area contributed by atoms with Crippen LogP contribution in [0, 0.1) is 23.2 Å². The molecule has 0 aromatic carbocycles. The number of hydrogen-bond acceptors (Lipinski definition) is 5. The lowest BCUT2D eigenvalue weighted by Crippen LogP contribution is -2.51. The molecule has 0 aromatic heterocycles. The van der Waals surface area contributed by atoms with Crippen LogP contribution < -0.4 is 0 Å². The van der Waals surface area contributed by atoms with Gasteiger partial charge in [-0.15, -0.1) is 0 Å². The van der Waals surface area contributed by atoms with Gasteiger partial charge in [-0.3, -0.25) is 4.79 Å². The van der Waals surface area contributed by atoms with E-state index >= 15 is 0 Å². The number of fused-ring (bicyclic) bond motifs is 3. The first-order chi connectivity index (χ1) is 11.6. The van der Waals surface area contributed by atoms with Crippen LogP contribution in [0.5, 0.6) is 0 Å². The van der Waals surface area contributed by atoms with Crippen LogP contribution >= 0.6 is 11.8 Å². The Kier molecular flexibility index (Phi) is 3.73. The summed E-state index contributed by atoms with van der Waals surface area (Å²) in [4.78, 5) is 15.1. The molecule has 5 heteroatoms. The van der Waals surface area contributed by atoms with E-state index in [0.29, 0.717) is 17.3 Å². The molecule has 4 nitrogen and oxygen atoms in total. The summed E-state index contributed by atoms with van der Waals surface area (Å²) in [7, 11) is 0. The monoisotopic (exact) mass is 351 g/mol. The summed E-state index contributed by atoms with van der Waals surface area (Å²) in [6, 6.07) is 0. The third kappa shape index (κ3) is 2.45. The van der Waals surface area contributed by atoms with Crippen molar-refractivity contribution in [2.24, 2.45) is 23.2 Å². The maximum absolute atomic E-state index is 12.6. The van der Waals surface area contributed by atoms with Gasteiger partial charge in [-0.1, -0.05) is 6.92 Å². The molecule has 0 N–H and O–H groups in total. The number of nitrogens with zero attached hydrogens (tertiary/aromatic N) is 1. The van der Waals surface area contributed by atoms with Gasteiger partial charge in [0.1, 0.15) is 6.10 Å². The minimum Gasteiger partial charge on any atom is -0.462 e. The minimum absolute atomic E-state index is 0.0799. The Hall–Kier alpha value is -0.260. The van der Waals surface area contributed by atoms with Gasteiger partial charge >= 0.3 is 5.97 Å². The average molecular weight is 352 g/mol. The predicted molar refractivity (Wildman–Crippen MR) is 94.0 cm³/mol. The maximum atomic E-state index is 12.6. The molecule has 1 spiro atoms. The van der Waals surface area contributed by atoms with Crippen LogP contribution in [0.1, 0.15) is 39.0 Å². The number of hydrogen-bond donors (Lipinski definition) is 0. The maximum Gasteiger partial charge on any atom is 0.310 e. The Balaban J connectivity index is 1.36. The van der Waals surface area contributed by atoms with Crippen LogP contribution in [-0.2, 0) is 14.3 Å². The Morgan fingerprint density at radius 2 is 2.08 bits per heavy atom. The fourth-order valence-electron chi connectivity index (χ4n) is 6.23. The van der Waals surface area contributed by atoms with Crippen LogP contribution in [-0.4, -0.2) is 60.3 Å². The zero-order valence-electron chi connectivity index (χ0n) is 14.7. The molecule has 2 saturated carbocycles. The fourth-order valence-corrected chi connectivity index (χ4v) is 7.21. The van der Waals surface area contributed by atoms with Gasteiger partial charge in [-0.25, -0.2) is 0 Å². The molecule has 0 amide bonds. The topological polar surface area (TPSA) is 42.1 Å². The summed E-state index contributed by atoms with van der Waals surface area (Å²) < 4.78 is 11.9. The Labute approximate surface area is 149 Å². The largest absolute Gasteiger partial charge is 0.462 e. The molecule has 5 fully saturated rings. The summed E-state index contributed by atoms with van der Waals surface area (Å²) >= 11 is 2.03. The first-order valence-electron chi connectivity index (χ1n) is 9.74. The molecular formula is C19H29NO3S. The molecule has 0 unspecified atom stereocenters. The molecule has 6 atom stereocenters. The number of epoxide rings is 1. The highest BCUT2D eigenvalue weighted by Gasteiger charge is 2.65. The van der Waals surface area contributed by atoms with E-state index in [0.717, 1.165) is 39.1 Å². The summed E-state index contributed by atoms with van der Waals surface area (Å²) in [6.45, 7) is 6.55. The van der Waals surface area contributed by atoms with Gasteiger partial charge in [-0.2, -0.15) is 11.8 Å². The lowest BCUT2D eigenvalue weighted by atomic mass is 9.53. The molecule has 134 valence electrons. The second-order valence-corrected chi connectivity index (χ2v) is 10.2. The van der Waals surface area contributed by atoms with Gasteiger partial charge < -0.3 is 14.4 Å². The van der Waals surface area contributed by atoms with E-state index in [1.807, 2.05) is 11.8 Å². The fraction of sp³-hybridized carbons (Fsp3) is 0.947. The standard InChI is InChI=1S/C19H29NO3S/c1-18-3-2-4-19(12-22-19)16(18)9-13-14(17(21)23-15(13)10-18)11-20-5-7-24-8-6-20/h13-16H,2-12H2,1H3/t13-,14-,15-,16-,18-,19+/m1/s1. The van der Waals surface area contributed by atoms with Gasteiger partial charge in [-0.05, 0) is 43.4 Å². The molecule has 3 aliphatic heterocycles. The highest BCUT2D eigenvalue weighted by Crippen LogP contribution is 2.62. The van der Waals surface area contributed by atoms with Crippen LogP contribution in [0.4, 0.5) is 0 Å². The van der Waals surface area contributed by atoms with E-state index in [9.17, 15) is 4.79 Å². The molecule has 3 heterocycles. The van der Waals surface area contributed by atoms with Crippen molar-refractivity contribution in [3.05, 3.63) is 0 Å². The van der Waals surface area contributed by atoms with E-state index in [1.54, 1.807) is 0 Å². The average Bonchev–Trinajstić information content (AvgIpc) is 3.27. The minimum atomic E-state index is 0.0799. The quantitative estimate of drug-likeness (QED) is 0.565. The lowest BCUT2D eigenvalue weighted by Gasteiger charge is -2.51. The Bertz CT molecular complexity index is 531. The first kappa shape index (κ1) is 16.0. The van der Waals surface area contributed by atoms with Gasteiger partial charge in [0, 0.05) is 37.1 Å². The number of esters is 1. The van der Waals surface area contributed by atoms with Crippen molar-refractivity contribution in [3.8, 4) is 0 Å². The number of thioether (sulfide) groups is 1. The third-order valence-corrected chi connectivity index (χ3v) is 8.58. The molecular weight excluding hydrogens is 322 g/mol. The van der Waals surface area contributed by atoms with Crippen LogP contribution in [0.25, 0.3) is 0 Å². The zero-order chi connectivity index (χ0) is 16.4. The van der Waals surface area contributed by atoms with Crippen molar-refractivity contribution in [2.45, 2.75) is 50.7 Å².